The lowest BCUT2D eigenvalue weighted by Gasteiger charge is -2.15. The third-order valence-corrected chi connectivity index (χ3v) is 2.12. The van der Waals surface area contributed by atoms with E-state index in [9.17, 15) is 8.78 Å². The van der Waals surface area contributed by atoms with Crippen molar-refractivity contribution in [2.75, 3.05) is 13.7 Å². The number of methoxy groups -OCH3 is 1. The van der Waals surface area contributed by atoms with Crippen molar-refractivity contribution in [1.29, 1.82) is 0 Å². The predicted octanol–water partition coefficient (Wildman–Crippen LogP) is 1.78. The molecule has 1 rings (SSSR count). The molecule has 0 aromatic heterocycles. The van der Waals surface area contributed by atoms with E-state index in [0.717, 1.165) is 6.07 Å². The van der Waals surface area contributed by atoms with E-state index in [2.05, 4.69) is 0 Å². The Kier molecular flexibility index (Phi) is 6.25. The SMILES string of the molecule is COc1ccc(F)c(F)c1C(N)CCO.Cl. The van der Waals surface area contributed by atoms with E-state index in [4.69, 9.17) is 15.6 Å². The fraction of sp³-hybridized carbons (Fsp3) is 0.400. The van der Waals surface area contributed by atoms with Gasteiger partial charge in [-0.2, -0.15) is 0 Å². The van der Waals surface area contributed by atoms with Gasteiger partial charge in [-0.3, -0.25) is 0 Å². The van der Waals surface area contributed by atoms with Gasteiger partial charge in [-0.15, -0.1) is 12.4 Å². The summed E-state index contributed by atoms with van der Waals surface area (Å²) in [5, 5.41) is 8.68. The first-order chi connectivity index (χ1) is 7.11. The van der Waals surface area contributed by atoms with Crippen LogP contribution in [0.3, 0.4) is 0 Å². The van der Waals surface area contributed by atoms with Gasteiger partial charge < -0.3 is 15.6 Å². The second kappa shape index (κ2) is 6.62. The fourth-order valence-corrected chi connectivity index (χ4v) is 1.36. The van der Waals surface area contributed by atoms with Gasteiger partial charge in [0.25, 0.3) is 0 Å². The molecule has 0 aliphatic rings. The Morgan fingerprint density at radius 1 is 1.44 bits per heavy atom. The van der Waals surface area contributed by atoms with E-state index in [1.54, 1.807) is 0 Å². The van der Waals surface area contributed by atoms with E-state index in [0.29, 0.717) is 0 Å². The van der Waals surface area contributed by atoms with E-state index in [-0.39, 0.29) is 36.7 Å². The highest BCUT2D eigenvalue weighted by Crippen LogP contribution is 2.29. The van der Waals surface area contributed by atoms with Gasteiger partial charge in [0.1, 0.15) is 5.75 Å². The Hall–Kier alpha value is -0.910. The van der Waals surface area contributed by atoms with Crippen molar-refractivity contribution in [3.8, 4) is 5.75 Å². The molecule has 0 spiro atoms. The summed E-state index contributed by atoms with van der Waals surface area (Å²) in [7, 11) is 1.35. The molecular weight excluding hydrogens is 240 g/mol. The zero-order valence-electron chi connectivity index (χ0n) is 8.74. The second-order valence-electron chi connectivity index (χ2n) is 3.10. The largest absolute Gasteiger partial charge is 0.496 e. The third-order valence-electron chi connectivity index (χ3n) is 2.12. The Morgan fingerprint density at radius 3 is 2.56 bits per heavy atom. The number of benzene rings is 1. The van der Waals surface area contributed by atoms with Crippen molar-refractivity contribution in [3.05, 3.63) is 29.3 Å². The van der Waals surface area contributed by atoms with Crippen LogP contribution in [0.25, 0.3) is 0 Å². The first-order valence-electron chi connectivity index (χ1n) is 4.50. The number of aliphatic hydroxyl groups is 1. The van der Waals surface area contributed by atoms with Crippen molar-refractivity contribution >= 4 is 12.4 Å². The van der Waals surface area contributed by atoms with Crippen LogP contribution in [-0.4, -0.2) is 18.8 Å². The molecular formula is C10H14ClF2NO2. The van der Waals surface area contributed by atoms with Gasteiger partial charge in [-0.25, -0.2) is 8.78 Å². The molecule has 3 nitrogen and oxygen atoms in total. The molecule has 16 heavy (non-hydrogen) atoms. The maximum absolute atomic E-state index is 13.4. The number of nitrogens with two attached hydrogens (primary N) is 1. The lowest BCUT2D eigenvalue weighted by Crippen LogP contribution is -2.15. The monoisotopic (exact) mass is 253 g/mol. The van der Waals surface area contributed by atoms with Crippen LogP contribution >= 0.6 is 12.4 Å². The number of rotatable bonds is 4. The molecule has 1 aromatic carbocycles. The Morgan fingerprint density at radius 2 is 2.06 bits per heavy atom. The number of ether oxygens (including phenoxy) is 1. The van der Waals surface area contributed by atoms with Crippen LogP contribution < -0.4 is 10.5 Å². The lowest BCUT2D eigenvalue weighted by molar-refractivity contribution is 0.273. The molecule has 0 aliphatic heterocycles. The highest BCUT2D eigenvalue weighted by Gasteiger charge is 2.19. The maximum Gasteiger partial charge on any atom is 0.167 e. The van der Waals surface area contributed by atoms with Gasteiger partial charge in [0, 0.05) is 18.2 Å². The summed E-state index contributed by atoms with van der Waals surface area (Å²) in [5.41, 5.74) is 5.57. The molecule has 0 saturated heterocycles. The summed E-state index contributed by atoms with van der Waals surface area (Å²) >= 11 is 0. The van der Waals surface area contributed by atoms with E-state index in [1.807, 2.05) is 0 Å². The van der Waals surface area contributed by atoms with Crippen LogP contribution in [0, 0.1) is 11.6 Å². The summed E-state index contributed by atoms with van der Waals surface area (Å²) < 4.78 is 31.2. The zero-order chi connectivity index (χ0) is 11.4. The molecule has 0 bridgehead atoms. The van der Waals surface area contributed by atoms with Crippen molar-refractivity contribution in [3.63, 3.8) is 0 Å². The van der Waals surface area contributed by atoms with Crippen LogP contribution in [0.1, 0.15) is 18.0 Å². The summed E-state index contributed by atoms with van der Waals surface area (Å²) in [5.74, 6) is -1.80. The minimum atomic E-state index is -1.02. The van der Waals surface area contributed by atoms with Crippen molar-refractivity contribution in [2.24, 2.45) is 5.73 Å². The van der Waals surface area contributed by atoms with Crippen LogP contribution in [0.2, 0.25) is 0 Å². The minimum Gasteiger partial charge on any atom is -0.496 e. The lowest BCUT2D eigenvalue weighted by atomic mass is 10.0. The highest BCUT2D eigenvalue weighted by atomic mass is 35.5. The Labute approximate surface area is 98.6 Å². The molecule has 3 N–H and O–H groups in total. The average Bonchev–Trinajstić information content (AvgIpc) is 2.22. The average molecular weight is 254 g/mol. The molecule has 1 unspecified atom stereocenters. The summed E-state index contributed by atoms with van der Waals surface area (Å²) in [4.78, 5) is 0. The van der Waals surface area contributed by atoms with Crippen molar-refractivity contribution < 1.29 is 18.6 Å². The second-order valence-corrected chi connectivity index (χ2v) is 3.10. The molecule has 0 amide bonds. The molecule has 0 aliphatic carbocycles. The van der Waals surface area contributed by atoms with E-state index in [1.165, 1.54) is 13.2 Å². The zero-order valence-corrected chi connectivity index (χ0v) is 9.56. The van der Waals surface area contributed by atoms with Gasteiger partial charge in [-0.05, 0) is 18.6 Å². The summed E-state index contributed by atoms with van der Waals surface area (Å²) in [6.45, 7) is -0.194. The first kappa shape index (κ1) is 15.1. The standard InChI is InChI=1S/C10H13F2NO2.ClH/c1-15-8-3-2-6(11)10(12)9(8)7(13)4-5-14;/h2-3,7,14H,4-5,13H2,1H3;1H. The molecule has 1 aromatic rings. The fourth-order valence-electron chi connectivity index (χ4n) is 1.36. The molecule has 92 valence electrons. The normalized spacial score (nSPS) is 11.8. The van der Waals surface area contributed by atoms with Gasteiger partial charge in [0.05, 0.1) is 7.11 Å². The predicted molar refractivity (Wildman–Crippen MR) is 58.8 cm³/mol. The molecule has 0 heterocycles. The van der Waals surface area contributed by atoms with Crippen LogP contribution in [0.5, 0.6) is 5.75 Å². The molecule has 0 saturated carbocycles. The summed E-state index contributed by atoms with van der Waals surface area (Å²) in [6, 6.07) is 1.51. The van der Waals surface area contributed by atoms with Gasteiger partial charge >= 0.3 is 0 Å². The topological polar surface area (TPSA) is 55.5 Å². The van der Waals surface area contributed by atoms with Crippen LogP contribution in [0.4, 0.5) is 8.78 Å². The van der Waals surface area contributed by atoms with Gasteiger partial charge in [-0.1, -0.05) is 0 Å². The van der Waals surface area contributed by atoms with Crippen molar-refractivity contribution in [2.45, 2.75) is 12.5 Å². The minimum absolute atomic E-state index is 0. The number of halogens is 3. The van der Waals surface area contributed by atoms with E-state index >= 15 is 0 Å². The molecule has 6 heteroatoms. The number of aliphatic hydroxyl groups excluding tert-OH is 1. The molecule has 0 radical (unpaired) electrons. The van der Waals surface area contributed by atoms with Crippen LogP contribution in [-0.2, 0) is 0 Å². The smallest absolute Gasteiger partial charge is 0.167 e. The molecule has 1 atom stereocenters. The number of hydrogen-bond acceptors (Lipinski definition) is 3. The maximum atomic E-state index is 13.4. The Balaban J connectivity index is 0.00000225. The van der Waals surface area contributed by atoms with Gasteiger partial charge in [0.15, 0.2) is 11.6 Å². The highest BCUT2D eigenvalue weighted by molar-refractivity contribution is 5.85. The number of hydrogen-bond donors (Lipinski definition) is 2. The molecule has 0 fully saturated rings. The summed E-state index contributed by atoms with van der Waals surface area (Å²) in [6.07, 6.45) is 0.150. The third kappa shape index (κ3) is 3.04. The van der Waals surface area contributed by atoms with Crippen molar-refractivity contribution in [1.82, 2.24) is 0 Å². The Bertz CT molecular complexity index is 350. The van der Waals surface area contributed by atoms with Gasteiger partial charge in [0.2, 0.25) is 0 Å². The quantitative estimate of drug-likeness (QED) is 0.860. The van der Waals surface area contributed by atoms with E-state index < -0.39 is 17.7 Å². The van der Waals surface area contributed by atoms with Crippen LogP contribution in [0.15, 0.2) is 12.1 Å². The first-order valence-corrected chi connectivity index (χ1v) is 4.50.